The number of carbonyl (C=O) groups is 1. The molecular formula is C13H9BrF2N2O. The fraction of sp³-hybridized carbons (Fsp3) is 0.0769. The summed E-state index contributed by atoms with van der Waals surface area (Å²) < 4.78 is 27.7. The monoisotopic (exact) mass is 326 g/mol. The van der Waals surface area contributed by atoms with E-state index in [9.17, 15) is 13.6 Å². The molecule has 0 aliphatic rings. The van der Waals surface area contributed by atoms with Crippen molar-refractivity contribution in [1.82, 2.24) is 4.98 Å². The summed E-state index contributed by atoms with van der Waals surface area (Å²) in [5.74, 6) is -2.57. The Hall–Kier alpha value is -1.82. The molecule has 2 rings (SSSR count). The zero-order chi connectivity index (χ0) is 14.0. The lowest BCUT2D eigenvalue weighted by atomic mass is 10.1. The van der Waals surface area contributed by atoms with Crippen LogP contribution >= 0.6 is 15.9 Å². The van der Waals surface area contributed by atoms with Crippen molar-refractivity contribution in [3.63, 3.8) is 0 Å². The molecule has 0 fully saturated rings. The number of hydrogen-bond donors (Lipinski definition) is 0. The van der Waals surface area contributed by atoms with Crippen molar-refractivity contribution < 1.29 is 13.6 Å². The van der Waals surface area contributed by atoms with Gasteiger partial charge < -0.3 is 4.90 Å². The van der Waals surface area contributed by atoms with Crippen molar-refractivity contribution in [3.05, 3.63) is 58.3 Å². The maximum absolute atomic E-state index is 13.7. The first-order valence-electron chi connectivity index (χ1n) is 5.33. The van der Waals surface area contributed by atoms with E-state index >= 15 is 0 Å². The number of amides is 1. The van der Waals surface area contributed by atoms with Gasteiger partial charge in [-0.25, -0.2) is 8.78 Å². The van der Waals surface area contributed by atoms with Gasteiger partial charge in [0.1, 0.15) is 17.2 Å². The predicted molar refractivity (Wildman–Crippen MR) is 71.0 cm³/mol. The van der Waals surface area contributed by atoms with Crippen LogP contribution in [0.2, 0.25) is 0 Å². The van der Waals surface area contributed by atoms with Gasteiger partial charge in [0.2, 0.25) is 0 Å². The second-order valence-electron chi connectivity index (χ2n) is 3.81. The molecule has 6 heteroatoms. The van der Waals surface area contributed by atoms with Gasteiger partial charge in [0, 0.05) is 29.6 Å². The summed E-state index contributed by atoms with van der Waals surface area (Å²) in [5.41, 5.74) is -0.0794. The number of aromatic nitrogens is 1. The molecule has 1 aromatic carbocycles. The van der Waals surface area contributed by atoms with Gasteiger partial charge >= 0.3 is 0 Å². The third-order valence-corrected chi connectivity index (χ3v) is 3.03. The number of halogens is 3. The molecule has 0 saturated heterocycles. The number of anilines is 1. The van der Waals surface area contributed by atoms with Gasteiger partial charge in [-0.1, -0.05) is 15.9 Å². The first-order chi connectivity index (χ1) is 9.00. The van der Waals surface area contributed by atoms with Gasteiger partial charge in [-0.2, -0.15) is 0 Å². The molecule has 0 aliphatic carbocycles. The van der Waals surface area contributed by atoms with Crippen LogP contribution in [0.3, 0.4) is 0 Å². The predicted octanol–water partition coefficient (Wildman–Crippen LogP) is 3.40. The second-order valence-corrected chi connectivity index (χ2v) is 4.73. The number of benzene rings is 1. The Balaban J connectivity index is 2.40. The Kier molecular flexibility index (Phi) is 3.90. The summed E-state index contributed by atoms with van der Waals surface area (Å²) in [5, 5.41) is 0. The van der Waals surface area contributed by atoms with Crippen molar-refractivity contribution in [2.45, 2.75) is 0 Å². The summed E-state index contributed by atoms with van der Waals surface area (Å²) in [7, 11) is 1.44. The lowest BCUT2D eigenvalue weighted by Crippen LogP contribution is -2.28. The Labute approximate surface area is 117 Å². The summed E-state index contributed by atoms with van der Waals surface area (Å²) >= 11 is 2.97. The van der Waals surface area contributed by atoms with E-state index in [1.54, 1.807) is 12.1 Å². The summed E-state index contributed by atoms with van der Waals surface area (Å²) in [6.45, 7) is 0. The third-order valence-electron chi connectivity index (χ3n) is 2.58. The molecule has 0 N–H and O–H groups in total. The molecule has 0 spiro atoms. The minimum absolute atomic E-state index is 0.241. The molecule has 0 radical (unpaired) electrons. The van der Waals surface area contributed by atoms with E-state index in [4.69, 9.17) is 0 Å². The van der Waals surface area contributed by atoms with Crippen molar-refractivity contribution in [1.29, 1.82) is 0 Å². The van der Waals surface area contributed by atoms with E-state index in [0.717, 1.165) is 17.0 Å². The highest BCUT2D eigenvalue weighted by Gasteiger charge is 2.22. The molecular weight excluding hydrogens is 318 g/mol. The fourth-order valence-corrected chi connectivity index (χ4v) is 2.00. The van der Waals surface area contributed by atoms with E-state index in [0.29, 0.717) is 5.69 Å². The van der Waals surface area contributed by atoms with Crippen LogP contribution in [0.1, 0.15) is 10.4 Å². The van der Waals surface area contributed by atoms with E-state index in [-0.39, 0.29) is 4.47 Å². The zero-order valence-electron chi connectivity index (χ0n) is 9.90. The van der Waals surface area contributed by atoms with Crippen LogP contribution in [0.15, 0.2) is 41.1 Å². The topological polar surface area (TPSA) is 33.2 Å². The lowest BCUT2D eigenvalue weighted by molar-refractivity contribution is 0.0985. The number of rotatable bonds is 2. The third kappa shape index (κ3) is 2.78. The molecule has 0 atom stereocenters. The Bertz CT molecular complexity index is 596. The van der Waals surface area contributed by atoms with Gasteiger partial charge in [-0.15, -0.1) is 0 Å². The Morgan fingerprint density at radius 1 is 1.21 bits per heavy atom. The smallest absolute Gasteiger partial charge is 0.263 e. The second kappa shape index (κ2) is 5.44. The highest BCUT2D eigenvalue weighted by molar-refractivity contribution is 9.10. The number of nitrogens with zero attached hydrogens (tertiary/aromatic N) is 2. The van der Waals surface area contributed by atoms with Crippen LogP contribution in [0.25, 0.3) is 0 Å². The number of pyridine rings is 1. The van der Waals surface area contributed by atoms with Crippen LogP contribution < -0.4 is 4.90 Å². The average molecular weight is 327 g/mol. The zero-order valence-corrected chi connectivity index (χ0v) is 11.5. The minimum Gasteiger partial charge on any atom is -0.311 e. The Morgan fingerprint density at radius 3 is 2.26 bits per heavy atom. The van der Waals surface area contributed by atoms with E-state index < -0.39 is 23.1 Å². The number of carbonyl (C=O) groups excluding carboxylic acids is 1. The highest BCUT2D eigenvalue weighted by atomic mass is 79.9. The quantitative estimate of drug-likeness (QED) is 0.847. The molecule has 1 aromatic heterocycles. The lowest BCUT2D eigenvalue weighted by Gasteiger charge is -2.17. The molecule has 98 valence electrons. The molecule has 0 aliphatic heterocycles. The molecule has 19 heavy (non-hydrogen) atoms. The average Bonchev–Trinajstić information content (AvgIpc) is 2.37. The molecule has 2 aromatic rings. The van der Waals surface area contributed by atoms with Crippen LogP contribution in [-0.2, 0) is 0 Å². The summed E-state index contributed by atoms with van der Waals surface area (Å²) in [6, 6.07) is 5.26. The maximum Gasteiger partial charge on any atom is 0.263 e. The van der Waals surface area contributed by atoms with Crippen molar-refractivity contribution in [2.24, 2.45) is 0 Å². The van der Waals surface area contributed by atoms with Crippen molar-refractivity contribution in [2.75, 3.05) is 11.9 Å². The van der Waals surface area contributed by atoms with Gasteiger partial charge in [0.15, 0.2) is 0 Å². The molecule has 0 unspecified atom stereocenters. The van der Waals surface area contributed by atoms with E-state index in [2.05, 4.69) is 20.9 Å². The van der Waals surface area contributed by atoms with Gasteiger partial charge in [0.25, 0.3) is 5.91 Å². The maximum atomic E-state index is 13.7. The fourth-order valence-electron chi connectivity index (χ4n) is 1.60. The van der Waals surface area contributed by atoms with Crippen molar-refractivity contribution >= 4 is 27.5 Å². The van der Waals surface area contributed by atoms with E-state index in [1.165, 1.54) is 19.4 Å². The van der Waals surface area contributed by atoms with Crippen LogP contribution in [0.5, 0.6) is 0 Å². The first kappa shape index (κ1) is 13.6. The standard InChI is InChI=1S/C13H9BrF2N2O/c1-18(9-2-4-17-5-3-9)13(19)12-10(15)6-8(14)7-11(12)16/h2-7H,1H3. The van der Waals surface area contributed by atoms with Crippen LogP contribution in [0, 0.1) is 11.6 Å². The largest absolute Gasteiger partial charge is 0.311 e. The van der Waals surface area contributed by atoms with Gasteiger partial charge in [-0.05, 0) is 24.3 Å². The molecule has 3 nitrogen and oxygen atoms in total. The van der Waals surface area contributed by atoms with Gasteiger partial charge in [-0.3, -0.25) is 9.78 Å². The summed E-state index contributed by atoms with van der Waals surface area (Å²) in [4.78, 5) is 17.1. The normalized spacial score (nSPS) is 10.3. The molecule has 0 bridgehead atoms. The van der Waals surface area contributed by atoms with Crippen LogP contribution in [-0.4, -0.2) is 17.9 Å². The molecule has 1 amide bonds. The first-order valence-corrected chi connectivity index (χ1v) is 6.12. The van der Waals surface area contributed by atoms with Crippen molar-refractivity contribution in [3.8, 4) is 0 Å². The van der Waals surface area contributed by atoms with Crippen LogP contribution in [0.4, 0.5) is 14.5 Å². The highest BCUT2D eigenvalue weighted by Crippen LogP contribution is 2.22. The molecule has 1 heterocycles. The SMILES string of the molecule is CN(C(=O)c1c(F)cc(Br)cc1F)c1ccncc1. The minimum atomic E-state index is -0.905. The Morgan fingerprint density at radius 2 is 1.74 bits per heavy atom. The number of hydrogen-bond acceptors (Lipinski definition) is 2. The van der Waals surface area contributed by atoms with E-state index in [1.807, 2.05) is 0 Å². The molecule has 0 saturated carbocycles. The summed E-state index contributed by atoms with van der Waals surface area (Å²) in [6.07, 6.45) is 2.99. The van der Waals surface area contributed by atoms with Gasteiger partial charge in [0.05, 0.1) is 0 Å².